The van der Waals surface area contributed by atoms with Crippen LogP contribution < -0.4 is 0 Å². The van der Waals surface area contributed by atoms with Crippen LogP contribution in [0.3, 0.4) is 0 Å². The van der Waals surface area contributed by atoms with Gasteiger partial charge in [-0.2, -0.15) is 0 Å². The molecule has 0 amide bonds. The van der Waals surface area contributed by atoms with Crippen LogP contribution in [0.2, 0.25) is 0 Å². The van der Waals surface area contributed by atoms with Gasteiger partial charge in [-0.3, -0.25) is 37.3 Å². The van der Waals surface area contributed by atoms with Gasteiger partial charge in [0.1, 0.15) is 19.3 Å². The van der Waals surface area contributed by atoms with Crippen LogP contribution in [0.5, 0.6) is 0 Å². The van der Waals surface area contributed by atoms with Gasteiger partial charge in [-0.25, -0.2) is 9.13 Å². The molecule has 0 fully saturated rings. The van der Waals surface area contributed by atoms with Gasteiger partial charge in [0.15, 0.2) is 12.2 Å². The van der Waals surface area contributed by atoms with Crippen molar-refractivity contribution >= 4 is 39.5 Å². The highest BCUT2D eigenvalue weighted by atomic mass is 31.2. The zero-order chi connectivity index (χ0) is 67.9. The lowest BCUT2D eigenvalue weighted by atomic mass is 10.0. The van der Waals surface area contributed by atoms with Gasteiger partial charge in [0.05, 0.1) is 26.4 Å². The van der Waals surface area contributed by atoms with Crippen LogP contribution in [0.1, 0.15) is 375 Å². The molecule has 0 rings (SSSR count). The van der Waals surface area contributed by atoms with Crippen molar-refractivity contribution in [1.82, 2.24) is 0 Å². The van der Waals surface area contributed by atoms with E-state index in [1.807, 2.05) is 0 Å². The van der Waals surface area contributed by atoms with Crippen molar-refractivity contribution in [1.29, 1.82) is 0 Å². The minimum atomic E-state index is -4.95. The summed E-state index contributed by atoms with van der Waals surface area (Å²) in [4.78, 5) is 72.7. The van der Waals surface area contributed by atoms with Crippen LogP contribution in [-0.4, -0.2) is 96.7 Å². The van der Waals surface area contributed by atoms with Gasteiger partial charge in [0, 0.05) is 25.7 Å². The molecule has 17 nitrogen and oxygen atoms in total. The van der Waals surface area contributed by atoms with E-state index >= 15 is 0 Å². The lowest BCUT2D eigenvalue weighted by Gasteiger charge is -2.21. The minimum Gasteiger partial charge on any atom is -0.462 e. The Labute approximate surface area is 562 Å². The fourth-order valence-electron chi connectivity index (χ4n) is 11.1. The van der Waals surface area contributed by atoms with E-state index in [1.165, 1.54) is 193 Å². The summed E-state index contributed by atoms with van der Waals surface area (Å²) in [5.74, 6) is -0.581. The number of aliphatic hydroxyl groups is 1. The first-order valence-electron chi connectivity index (χ1n) is 38.0. The van der Waals surface area contributed by atoms with Crippen LogP contribution in [-0.2, 0) is 65.4 Å². The molecule has 0 saturated heterocycles. The first kappa shape index (κ1) is 90.1. The highest BCUT2D eigenvalue weighted by Gasteiger charge is 2.30. The third-order valence-corrected chi connectivity index (χ3v) is 18.9. The number of unbranched alkanes of at least 4 members (excludes halogenated alkanes) is 42. The molecule has 0 aliphatic carbocycles. The number of ether oxygens (including phenoxy) is 4. The van der Waals surface area contributed by atoms with E-state index in [-0.39, 0.29) is 25.7 Å². The van der Waals surface area contributed by atoms with Crippen LogP contribution in [0, 0.1) is 11.8 Å². The molecule has 3 N–H and O–H groups in total. The zero-order valence-corrected chi connectivity index (χ0v) is 61.6. The second-order valence-corrected chi connectivity index (χ2v) is 30.2. The number of hydrogen-bond donors (Lipinski definition) is 3. The van der Waals surface area contributed by atoms with E-state index in [0.29, 0.717) is 25.7 Å². The Hall–Kier alpha value is -1.94. The van der Waals surface area contributed by atoms with Crippen LogP contribution in [0.4, 0.5) is 0 Å². The monoisotopic (exact) mass is 1350 g/mol. The van der Waals surface area contributed by atoms with Crippen molar-refractivity contribution in [2.24, 2.45) is 11.8 Å². The van der Waals surface area contributed by atoms with Gasteiger partial charge in [-0.15, -0.1) is 0 Å². The Kier molecular flexibility index (Phi) is 63.7. The molecule has 92 heavy (non-hydrogen) atoms. The third kappa shape index (κ3) is 66.7. The number of carbonyl (C=O) groups is 4. The fraction of sp³-hybridized carbons (Fsp3) is 0.945. The standard InChI is InChI=1S/C73H142O17P2/c1-7-9-11-13-15-17-19-20-26-33-39-45-51-57-72(77)89-68(61-83-70(75)55-49-43-37-31-23-18-16-14-12-10-8-2)63-87-91(79,80)85-59-67(74)60-86-92(81,82)88-64-69(90-73(78)58-52-46-40-34-28-22-25-30-36-42-48-54-66(5)6)62-84-71(76)56-50-44-38-32-27-21-24-29-35-41-47-53-65(3)4/h65-69,74H,7-64H2,1-6H3,(H,79,80)(H,81,82)/t67-,68+,69+/m0/s1. The van der Waals surface area contributed by atoms with E-state index < -0.39 is 97.5 Å². The lowest BCUT2D eigenvalue weighted by molar-refractivity contribution is -0.161. The van der Waals surface area contributed by atoms with Crippen LogP contribution >= 0.6 is 15.6 Å². The van der Waals surface area contributed by atoms with Crippen molar-refractivity contribution in [2.75, 3.05) is 39.6 Å². The molecule has 0 heterocycles. The summed E-state index contributed by atoms with van der Waals surface area (Å²) >= 11 is 0. The number of esters is 4. The van der Waals surface area contributed by atoms with Crippen LogP contribution in [0.15, 0.2) is 0 Å². The summed E-state index contributed by atoms with van der Waals surface area (Å²) in [5.41, 5.74) is 0. The molecule has 19 heteroatoms. The highest BCUT2D eigenvalue weighted by Crippen LogP contribution is 2.45. The number of aliphatic hydroxyl groups excluding tert-OH is 1. The molecule has 0 spiro atoms. The quantitative estimate of drug-likeness (QED) is 0.0222. The summed E-state index contributed by atoms with van der Waals surface area (Å²) < 4.78 is 68.4. The maximum Gasteiger partial charge on any atom is 0.472 e. The molecule has 0 aliphatic rings. The van der Waals surface area contributed by atoms with Crippen molar-refractivity contribution < 1.29 is 80.2 Å². The fourth-order valence-corrected chi connectivity index (χ4v) is 12.7. The first-order chi connectivity index (χ1) is 44.4. The Morgan fingerprint density at radius 3 is 0.739 bits per heavy atom. The molecule has 0 radical (unpaired) electrons. The molecule has 0 aromatic heterocycles. The summed E-state index contributed by atoms with van der Waals surface area (Å²) in [6.45, 7) is 9.58. The van der Waals surface area contributed by atoms with Crippen molar-refractivity contribution in [3.63, 3.8) is 0 Å². The third-order valence-electron chi connectivity index (χ3n) is 17.0. The predicted octanol–water partition coefficient (Wildman–Crippen LogP) is 21.2. The lowest BCUT2D eigenvalue weighted by Crippen LogP contribution is -2.30. The van der Waals surface area contributed by atoms with E-state index in [9.17, 15) is 43.2 Å². The van der Waals surface area contributed by atoms with Gasteiger partial charge in [0.2, 0.25) is 0 Å². The van der Waals surface area contributed by atoms with E-state index in [4.69, 9.17) is 37.0 Å². The maximum atomic E-state index is 13.1. The average molecular weight is 1350 g/mol. The average Bonchev–Trinajstić information content (AvgIpc) is 1.67. The molecule has 0 bridgehead atoms. The van der Waals surface area contributed by atoms with E-state index in [0.717, 1.165) is 102 Å². The van der Waals surface area contributed by atoms with Crippen molar-refractivity contribution in [2.45, 2.75) is 394 Å². The number of hydrogen-bond acceptors (Lipinski definition) is 15. The van der Waals surface area contributed by atoms with Gasteiger partial charge < -0.3 is 33.8 Å². The Morgan fingerprint density at radius 2 is 0.500 bits per heavy atom. The van der Waals surface area contributed by atoms with Gasteiger partial charge in [-0.05, 0) is 37.5 Å². The summed E-state index contributed by atoms with van der Waals surface area (Å²) in [6.07, 6.45) is 51.1. The number of phosphoric acid groups is 2. The topological polar surface area (TPSA) is 237 Å². The smallest absolute Gasteiger partial charge is 0.462 e. The Bertz CT molecular complexity index is 1790. The van der Waals surface area contributed by atoms with Gasteiger partial charge in [-0.1, -0.05) is 324 Å². The Balaban J connectivity index is 5.26. The molecule has 0 aliphatic heterocycles. The summed E-state index contributed by atoms with van der Waals surface area (Å²) in [5, 5.41) is 10.6. The molecule has 0 aromatic carbocycles. The van der Waals surface area contributed by atoms with E-state index in [2.05, 4.69) is 41.5 Å². The Morgan fingerprint density at radius 1 is 0.293 bits per heavy atom. The maximum absolute atomic E-state index is 13.1. The largest absolute Gasteiger partial charge is 0.472 e. The molecule has 5 atom stereocenters. The second-order valence-electron chi connectivity index (χ2n) is 27.3. The summed E-state index contributed by atoms with van der Waals surface area (Å²) in [6, 6.07) is 0. The molecular formula is C73H142O17P2. The zero-order valence-electron chi connectivity index (χ0n) is 59.9. The molecule has 0 aromatic rings. The van der Waals surface area contributed by atoms with Crippen molar-refractivity contribution in [3.8, 4) is 0 Å². The number of carbonyl (C=O) groups excluding carboxylic acids is 4. The normalized spacial score (nSPS) is 14.1. The number of phosphoric ester groups is 2. The minimum absolute atomic E-state index is 0.106. The number of rotatable bonds is 72. The van der Waals surface area contributed by atoms with Gasteiger partial charge >= 0.3 is 39.5 Å². The van der Waals surface area contributed by atoms with Gasteiger partial charge in [0.25, 0.3) is 0 Å². The molecular weight excluding hydrogens is 1210 g/mol. The molecule has 0 saturated carbocycles. The highest BCUT2D eigenvalue weighted by molar-refractivity contribution is 7.47. The SMILES string of the molecule is CCCCCCCCCCCCCCCC(=O)O[C@H](COC(=O)CCCCCCCCCCCCC)COP(=O)(O)OC[C@H](O)COP(=O)(O)OC[C@@H](COC(=O)CCCCCCCCCCCCCC(C)C)OC(=O)CCCCCCCCCCCCCC(C)C. The molecule has 546 valence electrons. The van der Waals surface area contributed by atoms with Crippen molar-refractivity contribution in [3.05, 3.63) is 0 Å². The first-order valence-corrected chi connectivity index (χ1v) is 41.0. The molecule has 2 unspecified atom stereocenters. The predicted molar refractivity (Wildman–Crippen MR) is 372 cm³/mol. The second kappa shape index (κ2) is 65.0. The van der Waals surface area contributed by atoms with Crippen LogP contribution in [0.25, 0.3) is 0 Å². The summed E-state index contributed by atoms with van der Waals surface area (Å²) in [7, 11) is -9.91. The van der Waals surface area contributed by atoms with E-state index in [1.54, 1.807) is 0 Å².